The number of hydrogen-bond donors (Lipinski definition) is 2. The first-order valence-corrected chi connectivity index (χ1v) is 4.48. The zero-order valence-electron chi connectivity index (χ0n) is 5.86. The number of sulfonamides is 1. The van der Waals surface area contributed by atoms with Crippen LogP contribution in [0.25, 0.3) is 0 Å². The van der Waals surface area contributed by atoms with Crippen molar-refractivity contribution in [2.75, 3.05) is 0 Å². The van der Waals surface area contributed by atoms with Gasteiger partial charge in [0.2, 0.25) is 10.0 Å². The van der Waals surface area contributed by atoms with Crippen LogP contribution in [-0.4, -0.2) is 13.5 Å². The summed E-state index contributed by atoms with van der Waals surface area (Å²) in [5.41, 5.74) is 0. The molecule has 1 aromatic rings. The Morgan fingerprint density at radius 2 is 2.00 bits per heavy atom. The highest BCUT2D eigenvalue weighted by atomic mass is 32.2. The van der Waals surface area contributed by atoms with Gasteiger partial charge in [-0.3, -0.25) is 0 Å². The normalized spacial score (nSPS) is 11.5. The van der Waals surface area contributed by atoms with Crippen LogP contribution in [-0.2, 0) is 10.0 Å². The fourth-order valence-corrected chi connectivity index (χ4v) is 1.34. The molecule has 0 aliphatic carbocycles. The topological polar surface area (TPSA) is 80.4 Å². The lowest BCUT2D eigenvalue weighted by Gasteiger charge is -2.00. The first-order chi connectivity index (χ1) is 5.43. The van der Waals surface area contributed by atoms with Crippen LogP contribution in [0.1, 0.15) is 0 Å². The van der Waals surface area contributed by atoms with Gasteiger partial charge in [0.25, 0.3) is 0 Å². The zero-order valence-corrected chi connectivity index (χ0v) is 6.68. The molecule has 0 aliphatic heterocycles. The lowest BCUT2D eigenvalue weighted by atomic mass is 10.3. The Balaban J connectivity index is 3.47. The van der Waals surface area contributed by atoms with E-state index in [0.717, 1.165) is 12.1 Å². The van der Waals surface area contributed by atoms with Crippen molar-refractivity contribution in [2.24, 2.45) is 5.14 Å². The lowest BCUT2D eigenvalue weighted by Crippen LogP contribution is -2.13. The number of primary sulfonamides is 1. The average Bonchev–Trinajstić information content (AvgIpc) is 1.92. The van der Waals surface area contributed by atoms with Crippen molar-refractivity contribution in [1.82, 2.24) is 0 Å². The molecule has 0 aromatic heterocycles. The number of benzene rings is 1. The summed E-state index contributed by atoms with van der Waals surface area (Å²) >= 11 is 0. The van der Waals surface area contributed by atoms with Gasteiger partial charge in [-0.05, 0) is 12.1 Å². The van der Waals surface area contributed by atoms with Gasteiger partial charge in [0.1, 0.15) is 4.90 Å². The number of nitrogens with two attached hydrogens (primary N) is 1. The third kappa shape index (κ3) is 1.54. The highest BCUT2D eigenvalue weighted by Gasteiger charge is 2.16. The SMILES string of the molecule is NS(=O)(=O)c1cccc(O)c1F. The van der Waals surface area contributed by atoms with Crippen LogP contribution in [0.5, 0.6) is 5.75 Å². The number of aromatic hydroxyl groups is 1. The van der Waals surface area contributed by atoms with E-state index < -0.39 is 26.5 Å². The molecule has 0 fully saturated rings. The molecule has 1 rings (SSSR count). The van der Waals surface area contributed by atoms with E-state index in [2.05, 4.69) is 5.14 Å². The van der Waals surface area contributed by atoms with Crippen molar-refractivity contribution in [1.29, 1.82) is 0 Å². The van der Waals surface area contributed by atoms with Gasteiger partial charge >= 0.3 is 0 Å². The second-order valence-corrected chi connectivity index (χ2v) is 3.66. The first kappa shape index (κ1) is 8.95. The van der Waals surface area contributed by atoms with Gasteiger partial charge < -0.3 is 5.11 Å². The van der Waals surface area contributed by atoms with Crippen LogP contribution in [0, 0.1) is 5.82 Å². The average molecular weight is 191 g/mol. The minimum absolute atomic E-state index is 0.706. The van der Waals surface area contributed by atoms with Crippen LogP contribution < -0.4 is 5.14 Å². The van der Waals surface area contributed by atoms with E-state index in [4.69, 9.17) is 5.11 Å². The monoisotopic (exact) mass is 191 g/mol. The summed E-state index contributed by atoms with van der Waals surface area (Å²) in [4.78, 5) is -0.706. The van der Waals surface area contributed by atoms with Crippen LogP contribution >= 0.6 is 0 Å². The summed E-state index contributed by atoms with van der Waals surface area (Å²) in [5.74, 6) is -1.96. The molecule has 12 heavy (non-hydrogen) atoms. The van der Waals surface area contributed by atoms with E-state index in [9.17, 15) is 12.8 Å². The molecule has 0 atom stereocenters. The van der Waals surface area contributed by atoms with Gasteiger partial charge in [-0.15, -0.1) is 0 Å². The highest BCUT2D eigenvalue weighted by Crippen LogP contribution is 2.21. The maximum atomic E-state index is 12.8. The van der Waals surface area contributed by atoms with Crippen molar-refractivity contribution < 1.29 is 17.9 Å². The Hall–Kier alpha value is -1.14. The molecular formula is C6H6FNO3S. The van der Waals surface area contributed by atoms with Crippen LogP contribution in [0.2, 0.25) is 0 Å². The minimum Gasteiger partial charge on any atom is -0.505 e. The van der Waals surface area contributed by atoms with Crippen molar-refractivity contribution in [3.05, 3.63) is 24.0 Å². The molecule has 66 valence electrons. The lowest BCUT2D eigenvalue weighted by molar-refractivity contribution is 0.422. The molecular weight excluding hydrogens is 185 g/mol. The molecule has 1 aromatic carbocycles. The van der Waals surface area contributed by atoms with E-state index in [1.165, 1.54) is 6.07 Å². The molecule has 0 saturated heterocycles. The summed E-state index contributed by atoms with van der Waals surface area (Å²) in [6.45, 7) is 0. The molecule has 6 heteroatoms. The zero-order chi connectivity index (χ0) is 9.35. The Morgan fingerprint density at radius 3 is 2.42 bits per heavy atom. The van der Waals surface area contributed by atoms with E-state index in [1.807, 2.05) is 0 Å². The van der Waals surface area contributed by atoms with Gasteiger partial charge in [-0.2, -0.15) is 0 Å². The predicted octanol–water partition coefficient (Wildman–Crippen LogP) is 0.179. The molecule has 3 N–H and O–H groups in total. The molecule has 0 unspecified atom stereocenters. The second kappa shape index (κ2) is 2.72. The number of rotatable bonds is 1. The van der Waals surface area contributed by atoms with E-state index in [1.54, 1.807) is 0 Å². The predicted molar refractivity (Wildman–Crippen MR) is 39.4 cm³/mol. The van der Waals surface area contributed by atoms with Crippen molar-refractivity contribution >= 4 is 10.0 Å². The number of phenols is 1. The quantitative estimate of drug-likeness (QED) is 0.664. The Kier molecular flexibility index (Phi) is 2.03. The van der Waals surface area contributed by atoms with Crippen molar-refractivity contribution in [3.8, 4) is 5.75 Å². The van der Waals surface area contributed by atoms with Crippen molar-refractivity contribution in [2.45, 2.75) is 4.90 Å². The van der Waals surface area contributed by atoms with E-state index >= 15 is 0 Å². The molecule has 0 amide bonds. The molecule has 0 bridgehead atoms. The van der Waals surface area contributed by atoms with Gasteiger partial charge in [0.15, 0.2) is 11.6 Å². The highest BCUT2D eigenvalue weighted by molar-refractivity contribution is 7.89. The molecule has 0 heterocycles. The molecule has 0 spiro atoms. The largest absolute Gasteiger partial charge is 0.505 e. The minimum atomic E-state index is -4.09. The molecule has 4 nitrogen and oxygen atoms in total. The number of hydrogen-bond acceptors (Lipinski definition) is 3. The van der Waals surface area contributed by atoms with Crippen LogP contribution in [0.3, 0.4) is 0 Å². The van der Waals surface area contributed by atoms with E-state index in [-0.39, 0.29) is 0 Å². The van der Waals surface area contributed by atoms with Gasteiger partial charge in [-0.25, -0.2) is 17.9 Å². The summed E-state index contributed by atoms with van der Waals surface area (Å²) in [5, 5.41) is 13.4. The second-order valence-electron chi connectivity index (χ2n) is 2.13. The van der Waals surface area contributed by atoms with Crippen molar-refractivity contribution in [3.63, 3.8) is 0 Å². The summed E-state index contributed by atoms with van der Waals surface area (Å²) in [6, 6.07) is 3.20. The molecule has 0 aliphatic rings. The maximum Gasteiger partial charge on any atom is 0.241 e. The van der Waals surface area contributed by atoms with E-state index in [0.29, 0.717) is 0 Å². The number of halogens is 1. The maximum absolute atomic E-state index is 12.8. The fourth-order valence-electron chi connectivity index (χ4n) is 0.719. The first-order valence-electron chi connectivity index (χ1n) is 2.93. The summed E-state index contributed by atoms with van der Waals surface area (Å²) in [7, 11) is -4.09. The standard InChI is InChI=1S/C6H6FNO3S/c7-6-4(9)2-1-3-5(6)12(8,10)11/h1-3,9H,(H2,8,10,11). The Morgan fingerprint density at radius 1 is 1.42 bits per heavy atom. The molecule has 0 saturated carbocycles. The Labute approximate surface area is 68.5 Å². The Bertz CT molecular complexity index is 401. The molecule has 0 radical (unpaired) electrons. The third-order valence-corrected chi connectivity index (χ3v) is 2.18. The van der Waals surface area contributed by atoms with Gasteiger partial charge in [-0.1, -0.05) is 6.07 Å². The summed E-state index contributed by atoms with van der Waals surface area (Å²) < 4.78 is 34.1. The van der Waals surface area contributed by atoms with Crippen LogP contribution in [0.15, 0.2) is 23.1 Å². The fraction of sp³-hybridized carbons (Fsp3) is 0. The van der Waals surface area contributed by atoms with Crippen LogP contribution in [0.4, 0.5) is 4.39 Å². The summed E-state index contributed by atoms with van der Waals surface area (Å²) in [6.07, 6.45) is 0. The third-order valence-electron chi connectivity index (χ3n) is 1.25. The van der Waals surface area contributed by atoms with Gasteiger partial charge in [0.05, 0.1) is 0 Å². The van der Waals surface area contributed by atoms with Gasteiger partial charge in [0, 0.05) is 0 Å². The smallest absolute Gasteiger partial charge is 0.241 e. The number of phenolic OH excluding ortho intramolecular Hbond substituents is 1.